The van der Waals surface area contributed by atoms with Crippen molar-refractivity contribution in [3.63, 3.8) is 0 Å². The van der Waals surface area contributed by atoms with Crippen LogP contribution in [-0.2, 0) is 13.0 Å². The molecule has 7 heteroatoms. The summed E-state index contributed by atoms with van der Waals surface area (Å²) in [5, 5.41) is 0. The number of hydrogen-bond donors (Lipinski definition) is 1. The molecule has 0 fully saturated rings. The molecular weight excluding hydrogens is 544 g/mol. The molecule has 188 valence electrons. The summed E-state index contributed by atoms with van der Waals surface area (Å²) in [5.74, 6) is 0.422. The molecule has 0 radical (unpaired) electrons. The molecule has 0 saturated carbocycles. The number of hydrogen-bond acceptors (Lipinski definition) is 5. The third-order valence-electron chi connectivity index (χ3n) is 6.80. The fraction of sp³-hybridized carbons (Fsp3) is 0.129. The van der Waals surface area contributed by atoms with Gasteiger partial charge >= 0.3 is 0 Å². The first kappa shape index (κ1) is 24.1. The van der Waals surface area contributed by atoms with Crippen molar-refractivity contribution >= 4 is 38.5 Å². The second-order valence-corrected chi connectivity index (χ2v) is 10.1. The molecule has 38 heavy (non-hydrogen) atoms. The largest absolute Gasteiger partial charge is 0.494 e. The lowest BCUT2D eigenvalue weighted by atomic mass is 9.93. The van der Waals surface area contributed by atoms with Gasteiger partial charge in [-0.05, 0) is 53.1 Å². The van der Waals surface area contributed by atoms with Crippen molar-refractivity contribution < 1.29 is 19.1 Å². The van der Waals surface area contributed by atoms with Crippen LogP contribution >= 0.6 is 15.9 Å². The van der Waals surface area contributed by atoms with E-state index in [-0.39, 0.29) is 11.6 Å². The fourth-order valence-electron chi connectivity index (χ4n) is 4.90. The van der Waals surface area contributed by atoms with E-state index < -0.39 is 5.92 Å². The van der Waals surface area contributed by atoms with Gasteiger partial charge in [0.05, 0.1) is 12.6 Å². The van der Waals surface area contributed by atoms with E-state index in [1.165, 1.54) is 0 Å². The Kier molecular flexibility index (Phi) is 6.29. The van der Waals surface area contributed by atoms with E-state index in [1.807, 2.05) is 54.6 Å². The van der Waals surface area contributed by atoms with Crippen LogP contribution in [0.3, 0.4) is 0 Å². The molecule has 0 bridgehead atoms. The van der Waals surface area contributed by atoms with Gasteiger partial charge in [0.25, 0.3) is 0 Å². The summed E-state index contributed by atoms with van der Waals surface area (Å²) in [5.41, 5.74) is 4.68. The van der Waals surface area contributed by atoms with E-state index in [9.17, 15) is 9.59 Å². The van der Waals surface area contributed by atoms with Crippen LogP contribution in [0.4, 0.5) is 0 Å². The first-order chi connectivity index (χ1) is 18.5. The number of nitrogens with zero attached hydrogens (tertiary/aromatic N) is 1. The highest BCUT2D eigenvalue weighted by Crippen LogP contribution is 2.40. The second kappa shape index (κ2) is 9.91. The molecule has 6 rings (SSSR count). The van der Waals surface area contributed by atoms with Gasteiger partial charge in [-0.15, -0.1) is 0 Å². The van der Waals surface area contributed by atoms with Gasteiger partial charge in [0.15, 0.2) is 11.6 Å². The molecule has 0 amide bonds. The first-order valence-electron chi connectivity index (χ1n) is 12.2. The molecule has 6 nitrogen and oxygen atoms in total. The van der Waals surface area contributed by atoms with E-state index in [4.69, 9.17) is 14.5 Å². The van der Waals surface area contributed by atoms with Crippen LogP contribution in [0.15, 0.2) is 89.4 Å². The Labute approximate surface area is 227 Å². The molecule has 4 aromatic carbocycles. The first-order valence-corrected chi connectivity index (χ1v) is 13.0. The van der Waals surface area contributed by atoms with E-state index in [0.29, 0.717) is 52.3 Å². The average molecular weight is 567 g/mol. The van der Waals surface area contributed by atoms with Crippen molar-refractivity contribution in [2.24, 2.45) is 0 Å². The lowest BCUT2D eigenvalue weighted by molar-refractivity contribution is 0.0890. The number of nitrogens with one attached hydrogen (secondary N) is 1. The SMILES string of the molecule is COc1ccc(C2C(=O)c3ccc(OCc4ccccc4)cc3C2=O)c2nc(Cc3ccc(Br)cc3)[nH]c12. The van der Waals surface area contributed by atoms with Crippen molar-refractivity contribution in [3.8, 4) is 11.5 Å². The number of halogens is 1. The molecule has 1 atom stereocenters. The third kappa shape index (κ3) is 4.39. The number of ketones is 2. The minimum atomic E-state index is -0.966. The predicted octanol–water partition coefficient (Wildman–Crippen LogP) is 6.67. The van der Waals surface area contributed by atoms with Gasteiger partial charge in [0.1, 0.15) is 35.4 Å². The Balaban J connectivity index is 1.33. The number of carbonyl (C=O) groups excluding carboxylic acids is 2. The molecule has 1 aromatic heterocycles. The normalized spacial score (nSPS) is 14.6. The number of imidazole rings is 1. The van der Waals surface area contributed by atoms with Crippen molar-refractivity contribution in [2.75, 3.05) is 7.11 Å². The lowest BCUT2D eigenvalue weighted by Gasteiger charge is -2.10. The molecule has 0 aliphatic heterocycles. The van der Waals surface area contributed by atoms with Crippen molar-refractivity contribution in [1.29, 1.82) is 0 Å². The number of aromatic amines is 1. The van der Waals surface area contributed by atoms with Crippen LogP contribution < -0.4 is 9.47 Å². The molecule has 5 aromatic rings. The summed E-state index contributed by atoms with van der Waals surface area (Å²) in [6, 6.07) is 26.4. The van der Waals surface area contributed by atoms with Gasteiger partial charge in [-0.25, -0.2) is 4.98 Å². The average Bonchev–Trinajstić information content (AvgIpc) is 3.47. The number of benzene rings is 4. The number of Topliss-reactive ketones (excluding diaryl/α,β-unsaturated/α-hetero) is 2. The minimum absolute atomic E-state index is 0.233. The van der Waals surface area contributed by atoms with Gasteiger partial charge in [0, 0.05) is 22.0 Å². The zero-order valence-electron chi connectivity index (χ0n) is 20.5. The highest BCUT2D eigenvalue weighted by Gasteiger charge is 2.41. The van der Waals surface area contributed by atoms with Crippen molar-refractivity contribution in [3.05, 3.63) is 123 Å². The van der Waals surface area contributed by atoms with Crippen LogP contribution in [-0.4, -0.2) is 28.6 Å². The predicted molar refractivity (Wildman–Crippen MR) is 148 cm³/mol. The quantitative estimate of drug-likeness (QED) is 0.222. The number of fused-ring (bicyclic) bond motifs is 2. The molecule has 1 unspecified atom stereocenters. The molecule has 1 heterocycles. The molecule has 1 N–H and O–H groups in total. The summed E-state index contributed by atoms with van der Waals surface area (Å²) >= 11 is 3.46. The summed E-state index contributed by atoms with van der Waals surface area (Å²) in [6.07, 6.45) is 0.569. The minimum Gasteiger partial charge on any atom is -0.494 e. The Bertz CT molecular complexity index is 1680. The standard InChI is InChI=1S/C31H23BrN2O4/c1-37-25-14-13-23(28-29(25)34-26(33-28)15-18-7-9-20(32)10-8-18)27-30(35)22-12-11-21(16-24(22)31(27)36)38-17-19-5-3-2-4-6-19/h2-14,16,27H,15,17H2,1H3,(H,33,34). The molecular formula is C31H23BrN2O4. The second-order valence-electron chi connectivity index (χ2n) is 9.21. The van der Waals surface area contributed by atoms with Gasteiger partial charge in [-0.3, -0.25) is 9.59 Å². The summed E-state index contributed by atoms with van der Waals surface area (Å²) in [6.45, 7) is 0.374. The molecule has 0 saturated heterocycles. The molecule has 1 aliphatic carbocycles. The number of rotatable bonds is 7. The van der Waals surface area contributed by atoms with E-state index >= 15 is 0 Å². The van der Waals surface area contributed by atoms with Crippen molar-refractivity contribution in [2.45, 2.75) is 18.9 Å². The highest BCUT2D eigenvalue weighted by atomic mass is 79.9. The van der Waals surface area contributed by atoms with Crippen LogP contribution in [0.5, 0.6) is 11.5 Å². The van der Waals surface area contributed by atoms with Crippen LogP contribution in [0, 0.1) is 0 Å². The Morgan fingerprint density at radius 3 is 2.39 bits per heavy atom. The molecule has 1 aliphatic rings. The highest BCUT2D eigenvalue weighted by molar-refractivity contribution is 9.10. The van der Waals surface area contributed by atoms with Crippen LogP contribution in [0.2, 0.25) is 0 Å². The zero-order chi connectivity index (χ0) is 26.2. The monoisotopic (exact) mass is 566 g/mol. The number of aromatic nitrogens is 2. The maximum absolute atomic E-state index is 13.6. The smallest absolute Gasteiger partial charge is 0.179 e. The van der Waals surface area contributed by atoms with Gasteiger partial charge in [-0.2, -0.15) is 0 Å². The summed E-state index contributed by atoms with van der Waals surface area (Å²) in [4.78, 5) is 35.3. The van der Waals surface area contributed by atoms with Crippen LogP contribution in [0.1, 0.15) is 49.1 Å². The topological polar surface area (TPSA) is 81.3 Å². The Hall–Kier alpha value is -4.23. The third-order valence-corrected chi connectivity index (χ3v) is 7.33. The number of H-pyrrole nitrogens is 1. The van der Waals surface area contributed by atoms with Crippen LogP contribution in [0.25, 0.3) is 11.0 Å². The zero-order valence-corrected chi connectivity index (χ0v) is 22.1. The Morgan fingerprint density at radius 1 is 0.868 bits per heavy atom. The Morgan fingerprint density at radius 2 is 1.63 bits per heavy atom. The maximum atomic E-state index is 13.6. The number of ether oxygens (including phenoxy) is 2. The lowest BCUT2D eigenvalue weighted by Crippen LogP contribution is -2.13. The number of methoxy groups -OCH3 is 1. The van der Waals surface area contributed by atoms with E-state index in [1.54, 1.807) is 37.4 Å². The molecule has 0 spiro atoms. The maximum Gasteiger partial charge on any atom is 0.179 e. The fourth-order valence-corrected chi connectivity index (χ4v) is 5.17. The van der Waals surface area contributed by atoms with E-state index in [0.717, 1.165) is 21.4 Å². The number of carbonyl (C=O) groups is 2. The van der Waals surface area contributed by atoms with Gasteiger partial charge in [0.2, 0.25) is 0 Å². The van der Waals surface area contributed by atoms with Gasteiger partial charge < -0.3 is 14.5 Å². The summed E-state index contributed by atoms with van der Waals surface area (Å²) < 4.78 is 12.5. The van der Waals surface area contributed by atoms with Gasteiger partial charge in [-0.1, -0.05) is 64.5 Å². The van der Waals surface area contributed by atoms with E-state index in [2.05, 4.69) is 20.9 Å². The van der Waals surface area contributed by atoms with Crippen molar-refractivity contribution in [1.82, 2.24) is 9.97 Å². The summed E-state index contributed by atoms with van der Waals surface area (Å²) in [7, 11) is 1.59.